The van der Waals surface area contributed by atoms with Gasteiger partial charge in [-0.25, -0.2) is 0 Å². The number of hydrazone groups is 1. The highest BCUT2D eigenvalue weighted by Gasteiger charge is 2.39. The molecule has 3 nitrogen and oxygen atoms in total. The van der Waals surface area contributed by atoms with E-state index < -0.39 is 0 Å². The molecule has 2 heterocycles. The van der Waals surface area contributed by atoms with Crippen molar-refractivity contribution in [2.24, 2.45) is 18.1 Å². The molecule has 120 valence electrons. The van der Waals surface area contributed by atoms with Gasteiger partial charge >= 0.3 is 0 Å². The molecule has 3 heteroatoms. The minimum Gasteiger partial charge on any atom is -0.342 e. The topological polar surface area (TPSA) is 29.3 Å². The molecule has 0 spiro atoms. The molecule has 0 saturated heterocycles. The van der Waals surface area contributed by atoms with Crippen LogP contribution < -0.4 is 5.43 Å². The van der Waals surface area contributed by atoms with Crippen LogP contribution in [0.25, 0.3) is 10.9 Å². The van der Waals surface area contributed by atoms with E-state index in [1.807, 2.05) is 0 Å². The quantitative estimate of drug-likeness (QED) is 0.720. The van der Waals surface area contributed by atoms with Gasteiger partial charge in [0.15, 0.2) is 0 Å². The van der Waals surface area contributed by atoms with Gasteiger partial charge in [0.05, 0.1) is 17.4 Å². The van der Waals surface area contributed by atoms with Gasteiger partial charge in [0.1, 0.15) is 0 Å². The van der Waals surface area contributed by atoms with Crippen molar-refractivity contribution in [1.29, 1.82) is 0 Å². The van der Waals surface area contributed by atoms with Gasteiger partial charge in [0, 0.05) is 23.9 Å². The van der Waals surface area contributed by atoms with Gasteiger partial charge in [-0.05, 0) is 43.0 Å². The fourth-order valence-corrected chi connectivity index (χ4v) is 4.48. The summed E-state index contributed by atoms with van der Waals surface area (Å²) in [6.45, 7) is 2.17. The number of benzene rings is 2. The van der Waals surface area contributed by atoms with Gasteiger partial charge in [-0.2, -0.15) is 5.10 Å². The number of aromatic nitrogens is 1. The lowest BCUT2D eigenvalue weighted by Gasteiger charge is -2.25. The van der Waals surface area contributed by atoms with Crippen molar-refractivity contribution in [3.05, 3.63) is 70.9 Å². The second-order valence-electron chi connectivity index (χ2n) is 7.07. The predicted molar refractivity (Wildman–Crippen MR) is 98.3 cm³/mol. The van der Waals surface area contributed by atoms with Crippen LogP contribution in [-0.4, -0.2) is 10.3 Å². The summed E-state index contributed by atoms with van der Waals surface area (Å²) in [6.07, 6.45) is 2.29. The summed E-state index contributed by atoms with van der Waals surface area (Å²) in [4.78, 5) is 0. The van der Waals surface area contributed by atoms with E-state index in [2.05, 4.69) is 72.5 Å². The molecule has 5 rings (SSSR count). The Kier molecular flexibility index (Phi) is 2.87. The first-order valence-electron chi connectivity index (χ1n) is 8.70. The van der Waals surface area contributed by atoms with Crippen molar-refractivity contribution < 1.29 is 0 Å². The maximum atomic E-state index is 4.78. The summed E-state index contributed by atoms with van der Waals surface area (Å²) >= 11 is 0. The Labute approximate surface area is 142 Å². The van der Waals surface area contributed by atoms with E-state index in [1.165, 1.54) is 39.0 Å². The lowest BCUT2D eigenvalue weighted by molar-refractivity contribution is 0.466. The Morgan fingerprint density at radius 2 is 1.96 bits per heavy atom. The van der Waals surface area contributed by atoms with Crippen molar-refractivity contribution in [2.75, 3.05) is 0 Å². The molecule has 0 bridgehead atoms. The highest BCUT2D eigenvalue weighted by Crippen LogP contribution is 2.41. The van der Waals surface area contributed by atoms with Crippen LogP contribution in [0.3, 0.4) is 0 Å². The van der Waals surface area contributed by atoms with Crippen LogP contribution in [0.4, 0.5) is 0 Å². The number of hydrogen-bond acceptors (Lipinski definition) is 2. The molecule has 0 unspecified atom stereocenters. The molecule has 1 aliphatic heterocycles. The number of hydrogen-bond donors (Lipinski definition) is 1. The van der Waals surface area contributed by atoms with Gasteiger partial charge in [-0.3, -0.25) is 0 Å². The van der Waals surface area contributed by atoms with Crippen molar-refractivity contribution in [3.8, 4) is 0 Å². The summed E-state index contributed by atoms with van der Waals surface area (Å²) in [5.74, 6) is 0.462. The van der Waals surface area contributed by atoms with Gasteiger partial charge < -0.3 is 9.99 Å². The lowest BCUT2D eigenvalue weighted by atomic mass is 9.79. The summed E-state index contributed by atoms with van der Waals surface area (Å²) in [5, 5.41) is 6.18. The van der Waals surface area contributed by atoms with Crippen molar-refractivity contribution >= 4 is 16.6 Å². The summed E-state index contributed by atoms with van der Waals surface area (Å²) in [5.41, 5.74) is 11.4. The Morgan fingerprint density at radius 1 is 1.12 bits per heavy atom. The molecule has 0 saturated carbocycles. The molecule has 2 aliphatic rings. The number of nitrogens with one attached hydrogen (secondary N) is 1. The monoisotopic (exact) mass is 315 g/mol. The van der Waals surface area contributed by atoms with Crippen LogP contribution in [0.15, 0.2) is 53.6 Å². The van der Waals surface area contributed by atoms with Gasteiger partial charge in [0.2, 0.25) is 0 Å². The van der Waals surface area contributed by atoms with Crippen LogP contribution in [0, 0.1) is 12.8 Å². The maximum absolute atomic E-state index is 4.78. The number of fused-ring (bicyclic) bond motifs is 5. The third-order valence-electron chi connectivity index (χ3n) is 5.64. The van der Waals surface area contributed by atoms with E-state index >= 15 is 0 Å². The molecular weight excluding hydrogens is 294 g/mol. The van der Waals surface area contributed by atoms with Crippen molar-refractivity contribution in [2.45, 2.75) is 25.8 Å². The molecule has 1 aliphatic carbocycles. The molecule has 2 atom stereocenters. The van der Waals surface area contributed by atoms with Crippen molar-refractivity contribution in [3.63, 3.8) is 0 Å². The molecule has 2 aromatic carbocycles. The molecule has 0 amide bonds. The minimum atomic E-state index is 0.300. The summed E-state index contributed by atoms with van der Waals surface area (Å²) < 4.78 is 2.34. The van der Waals surface area contributed by atoms with E-state index in [9.17, 15) is 0 Å². The molecule has 0 radical (unpaired) electrons. The highest BCUT2D eigenvalue weighted by atomic mass is 15.3. The molecule has 24 heavy (non-hydrogen) atoms. The lowest BCUT2D eigenvalue weighted by Crippen LogP contribution is -2.27. The van der Waals surface area contributed by atoms with Gasteiger partial charge in [-0.15, -0.1) is 0 Å². The van der Waals surface area contributed by atoms with E-state index in [1.54, 1.807) is 0 Å². The second kappa shape index (κ2) is 4.97. The minimum absolute atomic E-state index is 0.300. The van der Waals surface area contributed by atoms with Crippen LogP contribution >= 0.6 is 0 Å². The zero-order chi connectivity index (χ0) is 16.3. The van der Waals surface area contributed by atoms with Crippen LogP contribution in [-0.2, 0) is 13.5 Å². The zero-order valence-electron chi connectivity index (χ0n) is 14.1. The average Bonchev–Trinajstić information content (AvgIpc) is 3.15. The Bertz CT molecular complexity index is 966. The van der Waals surface area contributed by atoms with Gasteiger partial charge in [0.25, 0.3) is 0 Å². The van der Waals surface area contributed by atoms with E-state index in [0.29, 0.717) is 12.0 Å². The molecule has 3 aromatic rings. The normalized spacial score (nSPS) is 22.0. The number of aryl methyl sites for hydroxylation is 3. The maximum Gasteiger partial charge on any atom is 0.0898 e. The highest BCUT2D eigenvalue weighted by molar-refractivity contribution is 6.09. The predicted octanol–water partition coefficient (Wildman–Crippen LogP) is 4.10. The molecular formula is C21H21N3. The standard InChI is InChI=1S/C21H21N3/c1-13-8-11-18-17(12-13)15-9-10-16-19(14-6-4-3-5-7-14)22-23-20(16)21(15)24(18)2/h3-8,11-12,16,19,22H,9-10H2,1-2H3/t16-,19+/m1/s1. The van der Waals surface area contributed by atoms with Gasteiger partial charge in [-0.1, -0.05) is 42.0 Å². The molecule has 1 N–H and O–H groups in total. The zero-order valence-corrected chi connectivity index (χ0v) is 14.1. The second-order valence-corrected chi connectivity index (χ2v) is 7.07. The number of rotatable bonds is 1. The van der Waals surface area contributed by atoms with E-state index in [4.69, 9.17) is 5.10 Å². The Morgan fingerprint density at radius 3 is 2.79 bits per heavy atom. The fraction of sp³-hybridized carbons (Fsp3) is 0.286. The van der Waals surface area contributed by atoms with Crippen molar-refractivity contribution in [1.82, 2.24) is 9.99 Å². The first kappa shape index (κ1) is 13.8. The van der Waals surface area contributed by atoms with Crippen LogP contribution in [0.5, 0.6) is 0 Å². The summed E-state index contributed by atoms with van der Waals surface area (Å²) in [6, 6.07) is 17.8. The average molecular weight is 315 g/mol. The largest absolute Gasteiger partial charge is 0.342 e. The Hall–Kier alpha value is -2.55. The number of nitrogens with zero attached hydrogens (tertiary/aromatic N) is 2. The van der Waals surface area contributed by atoms with E-state index in [0.717, 1.165) is 12.8 Å². The smallest absolute Gasteiger partial charge is 0.0898 e. The Balaban J connectivity index is 1.64. The van der Waals surface area contributed by atoms with Crippen LogP contribution in [0.1, 0.15) is 34.8 Å². The van der Waals surface area contributed by atoms with E-state index in [-0.39, 0.29) is 0 Å². The molecule has 0 fully saturated rings. The third-order valence-corrected chi connectivity index (χ3v) is 5.64. The fourth-order valence-electron chi connectivity index (χ4n) is 4.48. The first-order chi connectivity index (χ1) is 11.7. The summed E-state index contributed by atoms with van der Waals surface area (Å²) in [7, 11) is 2.18. The third kappa shape index (κ3) is 1.81. The SMILES string of the molecule is Cc1ccc2c(c1)c1c(n2C)C2=NN[C@@H](c3ccccc3)[C@H]2CC1. The van der Waals surface area contributed by atoms with Crippen LogP contribution in [0.2, 0.25) is 0 Å². The molecule has 1 aromatic heterocycles. The first-order valence-corrected chi connectivity index (χ1v) is 8.70.